The Bertz CT molecular complexity index is 1050. The first kappa shape index (κ1) is 20.0. The van der Waals surface area contributed by atoms with Gasteiger partial charge in [-0.15, -0.1) is 0 Å². The van der Waals surface area contributed by atoms with Gasteiger partial charge in [0, 0.05) is 21.4 Å². The molecule has 0 aliphatic rings. The van der Waals surface area contributed by atoms with E-state index in [1.54, 1.807) is 0 Å². The minimum Gasteiger partial charge on any atom is -0.352 e. The lowest BCUT2D eigenvalue weighted by molar-refractivity contribution is 0.103. The molecule has 3 aromatic rings. The van der Waals surface area contributed by atoms with Gasteiger partial charge in [0.15, 0.2) is 0 Å². The van der Waals surface area contributed by atoms with E-state index in [0.29, 0.717) is 11.3 Å². The predicted molar refractivity (Wildman–Crippen MR) is 123 cm³/mol. The molecule has 0 bridgehead atoms. The average Bonchev–Trinajstić information content (AvgIpc) is 3.14. The topological polar surface area (TPSA) is 32.9 Å². The smallest absolute Gasteiger partial charge is 0.205 e. The zero-order valence-corrected chi connectivity index (χ0v) is 17.4. The van der Waals surface area contributed by atoms with Crippen LogP contribution in [-0.2, 0) is 0 Å². The molecule has 0 unspecified atom stereocenters. The lowest BCUT2D eigenvalue weighted by Crippen LogP contribution is -2.00. The van der Waals surface area contributed by atoms with Gasteiger partial charge in [0.2, 0.25) is 5.78 Å². The van der Waals surface area contributed by atoms with Crippen LogP contribution in [0.2, 0.25) is 0 Å². The summed E-state index contributed by atoms with van der Waals surface area (Å²) in [5.74, 6) is 0.0115. The number of aromatic nitrogens is 1. The molecule has 0 aliphatic carbocycles. The van der Waals surface area contributed by atoms with Gasteiger partial charge in [0.25, 0.3) is 0 Å². The number of fused-ring (bicyclic) bond motifs is 1. The molecule has 2 nitrogen and oxygen atoms in total. The zero-order chi connectivity index (χ0) is 20.1. The molecule has 0 fully saturated rings. The molecule has 0 aliphatic heterocycles. The molecule has 1 N–H and O–H groups in total. The van der Waals surface area contributed by atoms with E-state index in [-0.39, 0.29) is 5.78 Å². The number of benzene rings is 2. The SMILES string of the molecule is C=C(S/C=C(\C)C(=O)c1cc2ccccc2[nH]1)/C(=C/c1ccccc1C)CC. The highest BCUT2D eigenvalue weighted by Gasteiger charge is 2.12. The van der Waals surface area contributed by atoms with Crippen molar-refractivity contribution >= 4 is 34.5 Å². The van der Waals surface area contributed by atoms with Crippen molar-refractivity contribution in [3.05, 3.63) is 99.5 Å². The second kappa shape index (κ2) is 8.94. The van der Waals surface area contributed by atoms with Crippen LogP contribution in [-0.4, -0.2) is 10.8 Å². The van der Waals surface area contributed by atoms with Crippen molar-refractivity contribution in [1.29, 1.82) is 0 Å². The molecule has 2 aromatic carbocycles. The maximum absolute atomic E-state index is 12.7. The van der Waals surface area contributed by atoms with Crippen LogP contribution < -0.4 is 0 Å². The summed E-state index contributed by atoms with van der Waals surface area (Å²) in [4.78, 5) is 16.9. The molecular formula is C25H25NOS. The number of hydrogen-bond acceptors (Lipinski definition) is 2. The molecule has 3 rings (SSSR count). The minimum atomic E-state index is 0.0115. The normalized spacial score (nSPS) is 12.4. The van der Waals surface area contributed by atoms with Gasteiger partial charge in [-0.05, 0) is 54.5 Å². The Morgan fingerprint density at radius 3 is 2.57 bits per heavy atom. The summed E-state index contributed by atoms with van der Waals surface area (Å²) in [5.41, 5.74) is 5.92. The Morgan fingerprint density at radius 1 is 1.14 bits per heavy atom. The monoisotopic (exact) mass is 387 g/mol. The number of para-hydroxylation sites is 1. The van der Waals surface area contributed by atoms with Crippen LogP contribution in [0, 0.1) is 6.92 Å². The van der Waals surface area contributed by atoms with E-state index in [1.807, 2.05) is 54.8 Å². The number of ketones is 1. The highest BCUT2D eigenvalue weighted by Crippen LogP contribution is 2.29. The number of nitrogens with one attached hydrogen (secondary N) is 1. The van der Waals surface area contributed by atoms with E-state index >= 15 is 0 Å². The molecule has 0 radical (unpaired) electrons. The lowest BCUT2D eigenvalue weighted by Gasteiger charge is -2.08. The van der Waals surface area contributed by atoms with Crippen molar-refractivity contribution < 1.29 is 4.79 Å². The van der Waals surface area contributed by atoms with Gasteiger partial charge in [-0.1, -0.05) is 73.8 Å². The van der Waals surface area contributed by atoms with Crippen molar-refractivity contribution in [3.8, 4) is 0 Å². The van der Waals surface area contributed by atoms with Gasteiger partial charge in [-0.3, -0.25) is 4.79 Å². The maximum Gasteiger partial charge on any atom is 0.205 e. The molecule has 142 valence electrons. The van der Waals surface area contributed by atoms with Crippen molar-refractivity contribution in [2.45, 2.75) is 27.2 Å². The van der Waals surface area contributed by atoms with E-state index < -0.39 is 0 Å². The van der Waals surface area contributed by atoms with Crippen LogP contribution in [0.15, 0.2) is 82.6 Å². The van der Waals surface area contributed by atoms with Gasteiger partial charge in [-0.2, -0.15) is 0 Å². The van der Waals surface area contributed by atoms with Crippen LogP contribution in [0.3, 0.4) is 0 Å². The highest BCUT2D eigenvalue weighted by atomic mass is 32.2. The van der Waals surface area contributed by atoms with Crippen LogP contribution >= 0.6 is 11.8 Å². The molecule has 0 amide bonds. The van der Waals surface area contributed by atoms with Gasteiger partial charge in [0.05, 0.1) is 5.69 Å². The fourth-order valence-electron chi connectivity index (χ4n) is 3.01. The molecule has 1 aromatic heterocycles. The molecule has 0 saturated carbocycles. The fraction of sp³-hybridized carbons (Fsp3) is 0.160. The van der Waals surface area contributed by atoms with Crippen LogP contribution in [0.4, 0.5) is 0 Å². The predicted octanol–water partition coefficient (Wildman–Crippen LogP) is 7.30. The van der Waals surface area contributed by atoms with E-state index in [2.05, 4.69) is 43.6 Å². The largest absolute Gasteiger partial charge is 0.352 e. The van der Waals surface area contributed by atoms with E-state index in [1.165, 1.54) is 28.5 Å². The number of aryl methyl sites for hydroxylation is 1. The van der Waals surface area contributed by atoms with Gasteiger partial charge in [0.1, 0.15) is 0 Å². The molecular weight excluding hydrogens is 362 g/mol. The van der Waals surface area contributed by atoms with E-state index in [9.17, 15) is 4.79 Å². The third-order valence-corrected chi connectivity index (χ3v) is 5.79. The van der Waals surface area contributed by atoms with Crippen LogP contribution in [0.5, 0.6) is 0 Å². The number of Topliss-reactive ketones (excluding diaryl/α,β-unsaturated/α-hetero) is 1. The zero-order valence-electron chi connectivity index (χ0n) is 16.6. The van der Waals surface area contributed by atoms with Crippen LogP contribution in [0.1, 0.15) is 41.9 Å². The summed E-state index contributed by atoms with van der Waals surface area (Å²) >= 11 is 1.51. The van der Waals surface area contributed by atoms with E-state index in [4.69, 9.17) is 0 Å². The first-order valence-electron chi connectivity index (χ1n) is 9.41. The van der Waals surface area contributed by atoms with Crippen molar-refractivity contribution in [2.75, 3.05) is 0 Å². The summed E-state index contributed by atoms with van der Waals surface area (Å²) in [6.45, 7) is 10.3. The number of carbonyl (C=O) groups excluding carboxylic acids is 1. The Kier molecular flexibility index (Phi) is 6.37. The molecule has 3 heteroatoms. The van der Waals surface area contributed by atoms with Crippen molar-refractivity contribution in [2.24, 2.45) is 0 Å². The number of rotatable bonds is 7. The van der Waals surface area contributed by atoms with E-state index in [0.717, 1.165) is 22.2 Å². The number of carbonyl (C=O) groups is 1. The lowest BCUT2D eigenvalue weighted by atomic mass is 10.0. The number of H-pyrrole nitrogens is 1. The second-order valence-corrected chi connectivity index (χ2v) is 7.79. The summed E-state index contributed by atoms with van der Waals surface area (Å²) in [5, 5.41) is 2.95. The summed E-state index contributed by atoms with van der Waals surface area (Å²) in [6, 6.07) is 18.1. The third-order valence-electron chi connectivity index (χ3n) is 4.77. The van der Waals surface area contributed by atoms with Crippen LogP contribution in [0.25, 0.3) is 17.0 Å². The van der Waals surface area contributed by atoms with Gasteiger partial charge in [-0.25, -0.2) is 0 Å². The summed E-state index contributed by atoms with van der Waals surface area (Å²) in [7, 11) is 0. The molecule has 1 heterocycles. The molecule has 0 saturated heterocycles. The number of thioether (sulfide) groups is 1. The average molecular weight is 388 g/mol. The van der Waals surface area contributed by atoms with Gasteiger partial charge < -0.3 is 4.98 Å². The summed E-state index contributed by atoms with van der Waals surface area (Å²) in [6.07, 6.45) is 3.08. The fourth-order valence-corrected chi connectivity index (χ4v) is 3.79. The Balaban J connectivity index is 1.74. The first-order valence-corrected chi connectivity index (χ1v) is 10.3. The number of aromatic amines is 1. The molecule has 0 spiro atoms. The third kappa shape index (κ3) is 4.55. The minimum absolute atomic E-state index is 0.0115. The Labute approximate surface area is 171 Å². The van der Waals surface area contributed by atoms with Crippen molar-refractivity contribution in [1.82, 2.24) is 4.98 Å². The second-order valence-electron chi connectivity index (χ2n) is 6.82. The Morgan fingerprint density at radius 2 is 1.86 bits per heavy atom. The first-order chi connectivity index (χ1) is 13.5. The standard InChI is InChI=1S/C25H25NOS/c1-5-20(14-21-11-7-6-10-17(21)2)19(4)28-16-18(3)25(27)24-15-22-12-8-9-13-23(22)26-24/h6-16,26H,4-5H2,1-3H3/b18-16+,20-14+. The highest BCUT2D eigenvalue weighted by molar-refractivity contribution is 8.06. The Hall–Kier alpha value is -2.78. The number of hydrogen-bond donors (Lipinski definition) is 1. The molecule has 28 heavy (non-hydrogen) atoms. The number of allylic oxidation sites excluding steroid dienone is 2. The maximum atomic E-state index is 12.7. The quantitative estimate of drug-likeness (QED) is 0.262. The summed E-state index contributed by atoms with van der Waals surface area (Å²) < 4.78 is 0. The molecule has 0 atom stereocenters. The van der Waals surface area contributed by atoms with Crippen molar-refractivity contribution in [3.63, 3.8) is 0 Å². The van der Waals surface area contributed by atoms with Gasteiger partial charge >= 0.3 is 0 Å².